The molecule has 0 aromatic heterocycles. The molecule has 0 spiro atoms. The molecule has 2 amide bonds. The number of carbonyl (C=O) groups is 2. The van der Waals surface area contributed by atoms with Gasteiger partial charge in [0.2, 0.25) is 11.8 Å². The standard InChI is InChI=1S/C24H30N2O4/c1-17(2)14-23(27)26-16-19-9-5-4-8-18(19)15-20(26)24(28)25-12-13-30-22-11-7-6-10-21(22)29-3/h4-11,17,20H,12-16H2,1-3H3,(H,25,28). The molecule has 0 aliphatic carbocycles. The van der Waals surface area contributed by atoms with E-state index in [4.69, 9.17) is 9.47 Å². The number of rotatable bonds is 8. The molecule has 2 aromatic carbocycles. The maximum absolute atomic E-state index is 13.0. The number of hydrogen-bond donors (Lipinski definition) is 1. The molecule has 0 saturated heterocycles. The number of hydrogen-bond acceptors (Lipinski definition) is 4. The fourth-order valence-corrected chi connectivity index (χ4v) is 3.68. The summed E-state index contributed by atoms with van der Waals surface area (Å²) < 4.78 is 11.0. The summed E-state index contributed by atoms with van der Waals surface area (Å²) in [6.45, 7) is 5.16. The van der Waals surface area contributed by atoms with E-state index in [1.165, 1.54) is 0 Å². The Morgan fingerprint density at radius 3 is 2.43 bits per heavy atom. The lowest BCUT2D eigenvalue weighted by molar-refractivity contribution is -0.142. The Kier molecular flexibility index (Phi) is 7.33. The minimum Gasteiger partial charge on any atom is -0.493 e. The van der Waals surface area contributed by atoms with Gasteiger partial charge in [-0.1, -0.05) is 50.2 Å². The Hall–Kier alpha value is -3.02. The molecule has 2 aromatic rings. The van der Waals surface area contributed by atoms with E-state index in [-0.39, 0.29) is 17.7 Å². The number of nitrogens with one attached hydrogen (secondary N) is 1. The lowest BCUT2D eigenvalue weighted by atomic mass is 9.92. The van der Waals surface area contributed by atoms with Crippen molar-refractivity contribution in [1.82, 2.24) is 10.2 Å². The van der Waals surface area contributed by atoms with E-state index in [1.54, 1.807) is 12.0 Å². The molecule has 1 heterocycles. The number of carbonyl (C=O) groups excluding carboxylic acids is 2. The molecule has 0 radical (unpaired) electrons. The Labute approximate surface area is 178 Å². The van der Waals surface area contributed by atoms with Gasteiger partial charge >= 0.3 is 0 Å². The molecule has 1 unspecified atom stereocenters. The normalized spacial score (nSPS) is 15.5. The molecule has 0 fully saturated rings. The molecule has 1 atom stereocenters. The molecular weight excluding hydrogens is 380 g/mol. The average molecular weight is 411 g/mol. The van der Waals surface area contributed by atoms with Crippen LogP contribution in [0, 0.1) is 5.92 Å². The van der Waals surface area contributed by atoms with E-state index in [0.29, 0.717) is 44.0 Å². The van der Waals surface area contributed by atoms with Crippen LogP contribution in [0.15, 0.2) is 48.5 Å². The number of para-hydroxylation sites is 2. The predicted molar refractivity (Wildman–Crippen MR) is 115 cm³/mol. The summed E-state index contributed by atoms with van der Waals surface area (Å²) in [4.78, 5) is 27.5. The highest BCUT2D eigenvalue weighted by Crippen LogP contribution is 2.26. The van der Waals surface area contributed by atoms with Crippen LogP contribution in [0.3, 0.4) is 0 Å². The van der Waals surface area contributed by atoms with Crippen LogP contribution in [0.4, 0.5) is 0 Å². The number of ether oxygens (including phenoxy) is 2. The Morgan fingerprint density at radius 1 is 1.07 bits per heavy atom. The quantitative estimate of drug-likeness (QED) is 0.679. The van der Waals surface area contributed by atoms with Gasteiger partial charge in [0.1, 0.15) is 12.6 Å². The first-order valence-electron chi connectivity index (χ1n) is 10.4. The van der Waals surface area contributed by atoms with Crippen molar-refractivity contribution in [2.75, 3.05) is 20.3 Å². The zero-order valence-electron chi connectivity index (χ0n) is 17.9. The van der Waals surface area contributed by atoms with E-state index < -0.39 is 6.04 Å². The van der Waals surface area contributed by atoms with Gasteiger partial charge in [-0.15, -0.1) is 0 Å². The number of nitrogens with zero attached hydrogens (tertiary/aromatic N) is 1. The summed E-state index contributed by atoms with van der Waals surface area (Å²) in [6, 6.07) is 14.9. The summed E-state index contributed by atoms with van der Waals surface area (Å²) >= 11 is 0. The third-order valence-electron chi connectivity index (χ3n) is 5.18. The molecule has 1 aliphatic rings. The largest absolute Gasteiger partial charge is 0.493 e. The number of methoxy groups -OCH3 is 1. The highest BCUT2D eigenvalue weighted by atomic mass is 16.5. The molecule has 6 nitrogen and oxygen atoms in total. The monoisotopic (exact) mass is 410 g/mol. The van der Waals surface area contributed by atoms with Crippen LogP contribution in [0.1, 0.15) is 31.4 Å². The van der Waals surface area contributed by atoms with Gasteiger partial charge in [0, 0.05) is 19.4 Å². The van der Waals surface area contributed by atoms with Crippen LogP contribution >= 0.6 is 0 Å². The van der Waals surface area contributed by atoms with E-state index in [0.717, 1.165) is 11.1 Å². The maximum atomic E-state index is 13.0. The Morgan fingerprint density at radius 2 is 1.73 bits per heavy atom. The number of benzene rings is 2. The first-order chi connectivity index (χ1) is 14.5. The van der Waals surface area contributed by atoms with Crippen LogP contribution in [-0.4, -0.2) is 43.0 Å². The topological polar surface area (TPSA) is 67.9 Å². The molecule has 160 valence electrons. The average Bonchev–Trinajstić information content (AvgIpc) is 2.75. The lowest BCUT2D eigenvalue weighted by Gasteiger charge is -2.36. The highest BCUT2D eigenvalue weighted by Gasteiger charge is 2.34. The van der Waals surface area contributed by atoms with Crippen molar-refractivity contribution in [1.29, 1.82) is 0 Å². The molecule has 1 N–H and O–H groups in total. The molecule has 3 rings (SSSR count). The smallest absolute Gasteiger partial charge is 0.243 e. The van der Waals surface area contributed by atoms with Gasteiger partial charge in [-0.05, 0) is 29.2 Å². The molecule has 0 bridgehead atoms. The second-order valence-electron chi connectivity index (χ2n) is 7.90. The Bertz CT molecular complexity index is 881. The van der Waals surface area contributed by atoms with E-state index in [9.17, 15) is 9.59 Å². The van der Waals surface area contributed by atoms with Crippen molar-refractivity contribution in [3.8, 4) is 11.5 Å². The summed E-state index contributed by atoms with van der Waals surface area (Å²) in [5.41, 5.74) is 2.23. The summed E-state index contributed by atoms with van der Waals surface area (Å²) in [5.74, 6) is 1.40. The van der Waals surface area contributed by atoms with Gasteiger partial charge in [0.25, 0.3) is 0 Å². The predicted octanol–water partition coefficient (Wildman–Crippen LogP) is 3.19. The summed E-state index contributed by atoms with van der Waals surface area (Å²) in [6.07, 6.45) is 0.960. The third kappa shape index (κ3) is 5.32. The van der Waals surface area contributed by atoms with Crippen molar-refractivity contribution in [2.24, 2.45) is 5.92 Å². The van der Waals surface area contributed by atoms with Gasteiger partial charge in [-0.25, -0.2) is 0 Å². The fourth-order valence-electron chi connectivity index (χ4n) is 3.68. The van der Waals surface area contributed by atoms with Gasteiger partial charge in [0.05, 0.1) is 13.7 Å². The van der Waals surface area contributed by atoms with Crippen molar-refractivity contribution < 1.29 is 19.1 Å². The van der Waals surface area contributed by atoms with Gasteiger partial charge in [-0.2, -0.15) is 0 Å². The minimum absolute atomic E-state index is 0.0184. The first-order valence-corrected chi connectivity index (χ1v) is 10.4. The van der Waals surface area contributed by atoms with E-state index in [1.807, 2.05) is 62.4 Å². The minimum atomic E-state index is -0.502. The zero-order chi connectivity index (χ0) is 21.5. The van der Waals surface area contributed by atoms with E-state index >= 15 is 0 Å². The fraction of sp³-hybridized carbons (Fsp3) is 0.417. The van der Waals surface area contributed by atoms with E-state index in [2.05, 4.69) is 5.32 Å². The molecule has 1 aliphatic heterocycles. The van der Waals surface area contributed by atoms with Crippen LogP contribution < -0.4 is 14.8 Å². The second kappa shape index (κ2) is 10.1. The van der Waals surface area contributed by atoms with Gasteiger partial charge < -0.3 is 19.7 Å². The molecule has 0 saturated carbocycles. The number of fused-ring (bicyclic) bond motifs is 1. The molecule has 6 heteroatoms. The summed E-state index contributed by atoms with van der Waals surface area (Å²) in [7, 11) is 1.59. The van der Waals surface area contributed by atoms with Crippen molar-refractivity contribution in [3.05, 3.63) is 59.7 Å². The van der Waals surface area contributed by atoms with Crippen molar-refractivity contribution in [3.63, 3.8) is 0 Å². The van der Waals surface area contributed by atoms with Gasteiger partial charge in [0.15, 0.2) is 11.5 Å². The lowest BCUT2D eigenvalue weighted by Crippen LogP contribution is -2.53. The van der Waals surface area contributed by atoms with Crippen LogP contribution in [0.2, 0.25) is 0 Å². The third-order valence-corrected chi connectivity index (χ3v) is 5.18. The van der Waals surface area contributed by atoms with Crippen LogP contribution in [0.25, 0.3) is 0 Å². The van der Waals surface area contributed by atoms with Crippen molar-refractivity contribution >= 4 is 11.8 Å². The Balaban J connectivity index is 1.62. The molecule has 30 heavy (non-hydrogen) atoms. The number of amides is 2. The SMILES string of the molecule is COc1ccccc1OCCNC(=O)C1Cc2ccccc2CN1C(=O)CC(C)C. The van der Waals surface area contributed by atoms with Crippen molar-refractivity contribution in [2.45, 2.75) is 39.3 Å². The highest BCUT2D eigenvalue weighted by molar-refractivity contribution is 5.88. The first kappa shape index (κ1) is 21.7. The second-order valence-corrected chi connectivity index (χ2v) is 7.90. The van der Waals surface area contributed by atoms with Crippen LogP contribution in [-0.2, 0) is 22.6 Å². The van der Waals surface area contributed by atoms with Gasteiger partial charge in [-0.3, -0.25) is 9.59 Å². The summed E-state index contributed by atoms with van der Waals surface area (Å²) in [5, 5.41) is 2.93. The molecular formula is C24H30N2O4. The zero-order valence-corrected chi connectivity index (χ0v) is 17.9. The van der Waals surface area contributed by atoms with Crippen LogP contribution in [0.5, 0.6) is 11.5 Å². The maximum Gasteiger partial charge on any atom is 0.243 e.